The van der Waals surface area contributed by atoms with Crippen LogP contribution in [0.1, 0.15) is 11.1 Å². The molecule has 1 heterocycles. The molecule has 0 aliphatic carbocycles. The maximum atomic E-state index is 6.21. The Labute approximate surface area is 188 Å². The third kappa shape index (κ3) is 4.06. The highest BCUT2D eigenvalue weighted by molar-refractivity contribution is 5.74. The molecule has 0 bridgehead atoms. The zero-order chi connectivity index (χ0) is 21.8. The number of aryl methyl sites for hydroxylation is 1. The molecule has 0 spiro atoms. The van der Waals surface area contributed by atoms with Crippen LogP contribution in [0.25, 0.3) is 28.2 Å². The standard InChI is InChI=1S/C29H24N2O/c1-22-12-8-10-18-27(22)31-28(24-15-6-3-7-16-24)20-26(30-31)25-17-9-11-19-29(25)32-21-23-13-4-2-5-14-23/h2-20H,21H2,1H3. The summed E-state index contributed by atoms with van der Waals surface area (Å²) in [5, 5.41) is 5.04. The molecule has 0 N–H and O–H groups in total. The van der Waals surface area contributed by atoms with Gasteiger partial charge in [0.25, 0.3) is 0 Å². The minimum atomic E-state index is 0.516. The van der Waals surface area contributed by atoms with Gasteiger partial charge in [0, 0.05) is 11.1 Å². The van der Waals surface area contributed by atoms with Crippen molar-refractivity contribution in [1.29, 1.82) is 0 Å². The van der Waals surface area contributed by atoms with Crippen molar-refractivity contribution in [2.75, 3.05) is 0 Å². The van der Waals surface area contributed by atoms with Gasteiger partial charge in [0.15, 0.2) is 0 Å². The van der Waals surface area contributed by atoms with Gasteiger partial charge in [-0.1, -0.05) is 91.0 Å². The minimum absolute atomic E-state index is 0.516. The number of para-hydroxylation sites is 2. The van der Waals surface area contributed by atoms with Crippen LogP contribution < -0.4 is 4.74 Å². The topological polar surface area (TPSA) is 27.1 Å². The summed E-state index contributed by atoms with van der Waals surface area (Å²) in [6, 6.07) is 39.2. The van der Waals surface area contributed by atoms with E-state index >= 15 is 0 Å². The van der Waals surface area contributed by atoms with Gasteiger partial charge in [-0.25, -0.2) is 4.68 Å². The van der Waals surface area contributed by atoms with E-state index in [0.717, 1.165) is 39.5 Å². The molecule has 0 saturated heterocycles. The maximum Gasteiger partial charge on any atom is 0.129 e. The van der Waals surface area contributed by atoms with Crippen LogP contribution >= 0.6 is 0 Å². The summed E-state index contributed by atoms with van der Waals surface area (Å²) in [5.41, 5.74) is 7.42. The highest BCUT2D eigenvalue weighted by Crippen LogP contribution is 2.34. The molecule has 0 aliphatic rings. The first-order valence-corrected chi connectivity index (χ1v) is 10.8. The second kappa shape index (κ2) is 8.94. The van der Waals surface area contributed by atoms with E-state index in [1.165, 1.54) is 5.56 Å². The van der Waals surface area contributed by atoms with Crippen LogP contribution in [0.3, 0.4) is 0 Å². The van der Waals surface area contributed by atoms with Crippen molar-refractivity contribution < 1.29 is 4.74 Å². The molecule has 0 saturated carbocycles. The number of hydrogen-bond donors (Lipinski definition) is 0. The molecule has 0 amide bonds. The summed E-state index contributed by atoms with van der Waals surface area (Å²) in [4.78, 5) is 0. The average Bonchev–Trinajstić information content (AvgIpc) is 3.29. The second-order valence-corrected chi connectivity index (χ2v) is 7.75. The first kappa shape index (κ1) is 19.8. The zero-order valence-corrected chi connectivity index (χ0v) is 18.0. The van der Waals surface area contributed by atoms with E-state index in [0.29, 0.717) is 6.61 Å². The quantitative estimate of drug-likeness (QED) is 0.295. The highest BCUT2D eigenvalue weighted by Gasteiger charge is 2.16. The molecule has 1 aromatic heterocycles. The van der Waals surface area contributed by atoms with Crippen LogP contribution in [-0.4, -0.2) is 9.78 Å². The lowest BCUT2D eigenvalue weighted by atomic mass is 10.1. The Bertz CT molecular complexity index is 1320. The molecule has 4 aromatic carbocycles. The van der Waals surface area contributed by atoms with Crippen molar-refractivity contribution in [3.63, 3.8) is 0 Å². The fourth-order valence-corrected chi connectivity index (χ4v) is 3.85. The SMILES string of the molecule is Cc1ccccc1-n1nc(-c2ccccc2OCc2ccccc2)cc1-c1ccccc1. The molecule has 156 valence electrons. The number of nitrogens with zero attached hydrogens (tertiary/aromatic N) is 2. The van der Waals surface area contributed by atoms with E-state index in [1.807, 2.05) is 47.1 Å². The number of aromatic nitrogens is 2. The fourth-order valence-electron chi connectivity index (χ4n) is 3.85. The normalized spacial score (nSPS) is 10.8. The van der Waals surface area contributed by atoms with Gasteiger partial charge in [0.1, 0.15) is 12.4 Å². The third-order valence-corrected chi connectivity index (χ3v) is 5.52. The van der Waals surface area contributed by atoms with E-state index < -0.39 is 0 Å². The van der Waals surface area contributed by atoms with Gasteiger partial charge in [-0.15, -0.1) is 0 Å². The Morgan fingerprint density at radius 1 is 0.719 bits per heavy atom. The molecule has 0 unspecified atom stereocenters. The number of benzene rings is 4. The van der Waals surface area contributed by atoms with Crippen molar-refractivity contribution in [3.8, 4) is 34.0 Å². The monoisotopic (exact) mass is 416 g/mol. The molecular weight excluding hydrogens is 392 g/mol. The van der Waals surface area contributed by atoms with E-state index in [9.17, 15) is 0 Å². The number of hydrogen-bond acceptors (Lipinski definition) is 2. The molecule has 32 heavy (non-hydrogen) atoms. The smallest absolute Gasteiger partial charge is 0.129 e. The molecule has 0 atom stereocenters. The summed E-state index contributed by atoms with van der Waals surface area (Å²) < 4.78 is 8.25. The van der Waals surface area contributed by atoms with E-state index in [4.69, 9.17) is 9.84 Å². The van der Waals surface area contributed by atoms with Crippen molar-refractivity contribution in [2.45, 2.75) is 13.5 Å². The Morgan fingerprint density at radius 3 is 2.16 bits per heavy atom. The predicted molar refractivity (Wildman–Crippen MR) is 130 cm³/mol. The summed E-state index contributed by atoms with van der Waals surface area (Å²) in [6.07, 6.45) is 0. The first-order valence-electron chi connectivity index (χ1n) is 10.8. The number of ether oxygens (including phenoxy) is 1. The van der Waals surface area contributed by atoms with Crippen molar-refractivity contribution >= 4 is 0 Å². The molecule has 0 aliphatic heterocycles. The van der Waals surface area contributed by atoms with E-state index in [1.54, 1.807) is 0 Å². The fraction of sp³-hybridized carbons (Fsp3) is 0.0690. The van der Waals surface area contributed by atoms with Crippen LogP contribution in [0.4, 0.5) is 0 Å². The highest BCUT2D eigenvalue weighted by atomic mass is 16.5. The maximum absolute atomic E-state index is 6.21. The predicted octanol–water partition coefficient (Wildman–Crippen LogP) is 7.09. The zero-order valence-electron chi connectivity index (χ0n) is 18.0. The molecule has 3 nitrogen and oxygen atoms in total. The minimum Gasteiger partial charge on any atom is -0.488 e. The molecular formula is C29H24N2O. The van der Waals surface area contributed by atoms with E-state index in [-0.39, 0.29) is 0 Å². The van der Waals surface area contributed by atoms with Gasteiger partial charge in [0.05, 0.1) is 17.1 Å². The first-order chi connectivity index (χ1) is 15.8. The Morgan fingerprint density at radius 2 is 1.38 bits per heavy atom. The van der Waals surface area contributed by atoms with Crippen LogP contribution in [0.5, 0.6) is 5.75 Å². The lowest BCUT2D eigenvalue weighted by Gasteiger charge is -2.11. The van der Waals surface area contributed by atoms with Crippen LogP contribution in [-0.2, 0) is 6.61 Å². The largest absolute Gasteiger partial charge is 0.488 e. The van der Waals surface area contributed by atoms with Gasteiger partial charge in [-0.3, -0.25) is 0 Å². The van der Waals surface area contributed by atoms with Gasteiger partial charge in [-0.2, -0.15) is 5.10 Å². The lowest BCUT2D eigenvalue weighted by molar-refractivity contribution is 0.307. The Balaban J connectivity index is 1.59. The molecule has 5 rings (SSSR count). The molecule has 0 radical (unpaired) electrons. The summed E-state index contributed by atoms with van der Waals surface area (Å²) in [5.74, 6) is 0.824. The van der Waals surface area contributed by atoms with Crippen LogP contribution in [0.2, 0.25) is 0 Å². The van der Waals surface area contributed by atoms with Crippen LogP contribution in [0, 0.1) is 6.92 Å². The Kier molecular flexibility index (Phi) is 5.54. The van der Waals surface area contributed by atoms with E-state index in [2.05, 4.69) is 79.7 Å². The summed E-state index contributed by atoms with van der Waals surface area (Å²) in [6.45, 7) is 2.63. The molecule has 3 heteroatoms. The Hall–Kier alpha value is -4.11. The average molecular weight is 417 g/mol. The van der Waals surface area contributed by atoms with Gasteiger partial charge in [-0.05, 0) is 42.3 Å². The van der Waals surface area contributed by atoms with Gasteiger partial charge < -0.3 is 4.74 Å². The lowest BCUT2D eigenvalue weighted by Crippen LogP contribution is -2.01. The molecule has 0 fully saturated rings. The number of rotatable bonds is 6. The van der Waals surface area contributed by atoms with Crippen molar-refractivity contribution in [3.05, 3.63) is 126 Å². The van der Waals surface area contributed by atoms with Crippen molar-refractivity contribution in [1.82, 2.24) is 9.78 Å². The van der Waals surface area contributed by atoms with Gasteiger partial charge >= 0.3 is 0 Å². The van der Waals surface area contributed by atoms with Crippen molar-refractivity contribution in [2.24, 2.45) is 0 Å². The van der Waals surface area contributed by atoms with Crippen LogP contribution in [0.15, 0.2) is 115 Å². The summed E-state index contributed by atoms with van der Waals surface area (Å²) in [7, 11) is 0. The molecule has 5 aromatic rings. The summed E-state index contributed by atoms with van der Waals surface area (Å²) >= 11 is 0. The third-order valence-electron chi connectivity index (χ3n) is 5.52. The second-order valence-electron chi connectivity index (χ2n) is 7.75. The van der Waals surface area contributed by atoms with Gasteiger partial charge in [0.2, 0.25) is 0 Å².